The standard InChI is InChI=1S/C21H19ClF3N3OS/c1-11(15-8-14(22)2-3-16(15)21(23,24)25)29-17-6-12(10-28-20(17)26)19-7-13-9-27-5-4-18(13)30-19/h2-3,6-8,10-11,27H,4-5,9H2,1H3,(H2,26,28). The molecule has 4 rings (SSSR count). The molecule has 0 aliphatic carbocycles. The molecule has 1 unspecified atom stereocenters. The van der Waals surface area contributed by atoms with E-state index in [9.17, 15) is 13.2 Å². The Morgan fingerprint density at radius 1 is 1.27 bits per heavy atom. The number of rotatable bonds is 4. The molecule has 0 fully saturated rings. The SMILES string of the molecule is CC(Oc1cc(-c2cc3c(s2)CCNC3)cnc1N)c1cc(Cl)ccc1C(F)(F)F. The molecule has 0 saturated carbocycles. The van der Waals surface area contributed by atoms with Crippen molar-refractivity contribution in [1.29, 1.82) is 0 Å². The van der Waals surface area contributed by atoms with Gasteiger partial charge in [-0.3, -0.25) is 0 Å². The maximum Gasteiger partial charge on any atom is 0.416 e. The first-order chi connectivity index (χ1) is 14.2. The van der Waals surface area contributed by atoms with Crippen LogP contribution in [0.5, 0.6) is 5.75 Å². The summed E-state index contributed by atoms with van der Waals surface area (Å²) >= 11 is 7.62. The van der Waals surface area contributed by atoms with Gasteiger partial charge < -0.3 is 15.8 Å². The summed E-state index contributed by atoms with van der Waals surface area (Å²) in [6.07, 6.45) is -2.83. The zero-order valence-electron chi connectivity index (χ0n) is 16.0. The third-order valence-electron chi connectivity index (χ3n) is 4.97. The van der Waals surface area contributed by atoms with E-state index in [2.05, 4.69) is 16.4 Å². The number of halogens is 4. The second-order valence-corrected chi connectivity index (χ2v) is 8.66. The minimum atomic E-state index is -4.52. The van der Waals surface area contributed by atoms with Gasteiger partial charge in [0, 0.05) is 45.2 Å². The van der Waals surface area contributed by atoms with Crippen molar-refractivity contribution in [1.82, 2.24) is 10.3 Å². The Hall–Kier alpha value is -2.29. The van der Waals surface area contributed by atoms with E-state index in [0.717, 1.165) is 36.0 Å². The predicted octanol–water partition coefficient (Wildman–Crippen LogP) is 5.85. The van der Waals surface area contributed by atoms with Gasteiger partial charge in [0.05, 0.1) is 5.56 Å². The van der Waals surface area contributed by atoms with Crippen LogP contribution in [0.1, 0.15) is 34.6 Å². The van der Waals surface area contributed by atoms with Crippen LogP contribution in [0.2, 0.25) is 5.02 Å². The number of hydrogen-bond donors (Lipinski definition) is 2. The van der Waals surface area contributed by atoms with Gasteiger partial charge in [0.15, 0.2) is 11.6 Å². The fourth-order valence-electron chi connectivity index (χ4n) is 3.46. The molecule has 9 heteroatoms. The fourth-order valence-corrected chi connectivity index (χ4v) is 4.80. The molecule has 30 heavy (non-hydrogen) atoms. The highest BCUT2D eigenvalue weighted by atomic mass is 35.5. The van der Waals surface area contributed by atoms with Gasteiger partial charge in [-0.25, -0.2) is 4.98 Å². The topological polar surface area (TPSA) is 60.2 Å². The van der Waals surface area contributed by atoms with Gasteiger partial charge in [0.1, 0.15) is 6.10 Å². The number of hydrogen-bond acceptors (Lipinski definition) is 5. The number of anilines is 1. The Balaban J connectivity index is 1.65. The van der Waals surface area contributed by atoms with E-state index in [-0.39, 0.29) is 22.2 Å². The van der Waals surface area contributed by atoms with Crippen LogP contribution in [0, 0.1) is 0 Å². The van der Waals surface area contributed by atoms with Crippen LogP contribution >= 0.6 is 22.9 Å². The summed E-state index contributed by atoms with van der Waals surface area (Å²) in [6, 6.07) is 7.26. The summed E-state index contributed by atoms with van der Waals surface area (Å²) in [5.41, 5.74) is 7.17. The minimum Gasteiger partial charge on any atom is -0.482 e. The molecule has 1 aromatic carbocycles. The maximum absolute atomic E-state index is 13.4. The predicted molar refractivity (Wildman–Crippen MR) is 113 cm³/mol. The van der Waals surface area contributed by atoms with Gasteiger partial charge in [-0.1, -0.05) is 11.6 Å². The summed E-state index contributed by atoms with van der Waals surface area (Å²) in [4.78, 5) is 6.54. The number of nitrogens with one attached hydrogen (secondary N) is 1. The molecule has 3 heterocycles. The van der Waals surface area contributed by atoms with Crippen LogP contribution in [0.15, 0.2) is 36.5 Å². The third kappa shape index (κ3) is 4.26. The van der Waals surface area contributed by atoms with Crippen LogP contribution in [0.25, 0.3) is 10.4 Å². The summed E-state index contributed by atoms with van der Waals surface area (Å²) < 4.78 is 46.1. The van der Waals surface area contributed by atoms with Crippen molar-refractivity contribution in [2.45, 2.75) is 32.2 Å². The molecule has 4 nitrogen and oxygen atoms in total. The van der Waals surface area contributed by atoms with E-state index < -0.39 is 17.8 Å². The summed E-state index contributed by atoms with van der Waals surface area (Å²) in [5.74, 6) is 0.349. The number of pyridine rings is 1. The smallest absolute Gasteiger partial charge is 0.416 e. The van der Waals surface area contributed by atoms with Crippen molar-refractivity contribution in [3.05, 3.63) is 63.1 Å². The first-order valence-corrected chi connectivity index (χ1v) is 10.5. The van der Waals surface area contributed by atoms with Gasteiger partial charge in [-0.15, -0.1) is 11.3 Å². The maximum atomic E-state index is 13.4. The second kappa shape index (κ2) is 8.09. The van der Waals surface area contributed by atoms with Crippen LogP contribution in [-0.2, 0) is 19.1 Å². The number of ether oxygens (including phenoxy) is 1. The van der Waals surface area contributed by atoms with Gasteiger partial charge in [-0.2, -0.15) is 13.2 Å². The Morgan fingerprint density at radius 3 is 2.80 bits per heavy atom. The van der Waals surface area contributed by atoms with Gasteiger partial charge in [-0.05, 0) is 49.2 Å². The fraction of sp³-hybridized carbons (Fsp3) is 0.286. The zero-order chi connectivity index (χ0) is 21.5. The number of fused-ring (bicyclic) bond motifs is 1. The molecule has 3 N–H and O–H groups in total. The van der Waals surface area contributed by atoms with E-state index in [1.807, 2.05) is 0 Å². The summed E-state index contributed by atoms with van der Waals surface area (Å²) in [5, 5.41) is 3.54. The lowest BCUT2D eigenvalue weighted by atomic mass is 10.0. The number of aromatic nitrogens is 1. The van der Waals surface area contributed by atoms with Crippen molar-refractivity contribution in [3.63, 3.8) is 0 Å². The molecule has 0 bridgehead atoms. The molecule has 1 aliphatic rings. The molecule has 2 aromatic heterocycles. The first kappa shape index (κ1) is 21.0. The molecule has 1 atom stereocenters. The lowest BCUT2D eigenvalue weighted by Gasteiger charge is -2.21. The van der Waals surface area contributed by atoms with E-state index >= 15 is 0 Å². The molecule has 158 valence electrons. The van der Waals surface area contributed by atoms with Crippen molar-refractivity contribution < 1.29 is 17.9 Å². The third-order valence-corrected chi connectivity index (χ3v) is 6.49. The lowest BCUT2D eigenvalue weighted by Crippen LogP contribution is -2.21. The Labute approximate surface area is 180 Å². The second-order valence-electron chi connectivity index (χ2n) is 7.08. The number of nitrogens with two attached hydrogens (primary N) is 1. The van der Waals surface area contributed by atoms with E-state index in [0.29, 0.717) is 0 Å². The summed E-state index contributed by atoms with van der Waals surface area (Å²) in [6.45, 7) is 3.30. The quantitative estimate of drug-likeness (QED) is 0.520. The number of thiophene rings is 1. The lowest BCUT2D eigenvalue weighted by molar-refractivity contribution is -0.138. The van der Waals surface area contributed by atoms with Crippen LogP contribution in [-0.4, -0.2) is 11.5 Å². The Kier molecular flexibility index (Phi) is 5.65. The minimum absolute atomic E-state index is 0.0579. The molecular weight excluding hydrogens is 435 g/mol. The molecule has 3 aromatic rings. The molecule has 0 amide bonds. The zero-order valence-corrected chi connectivity index (χ0v) is 17.6. The molecule has 0 saturated heterocycles. The van der Waals surface area contributed by atoms with Crippen LogP contribution in [0.3, 0.4) is 0 Å². The van der Waals surface area contributed by atoms with Gasteiger partial charge in [0.25, 0.3) is 0 Å². The highest BCUT2D eigenvalue weighted by Gasteiger charge is 2.35. The Bertz CT molecular complexity index is 1060. The summed E-state index contributed by atoms with van der Waals surface area (Å²) in [7, 11) is 0. The van der Waals surface area contributed by atoms with Crippen LogP contribution < -0.4 is 15.8 Å². The molecular formula is C21H19ClF3N3OS. The van der Waals surface area contributed by atoms with E-state index in [1.165, 1.54) is 29.5 Å². The highest BCUT2D eigenvalue weighted by Crippen LogP contribution is 2.39. The normalized spacial score (nSPS) is 15.0. The average molecular weight is 454 g/mol. The average Bonchev–Trinajstić information content (AvgIpc) is 3.13. The molecule has 0 spiro atoms. The first-order valence-electron chi connectivity index (χ1n) is 9.34. The van der Waals surface area contributed by atoms with Crippen LogP contribution in [0.4, 0.5) is 19.0 Å². The van der Waals surface area contributed by atoms with E-state index in [1.54, 1.807) is 23.6 Å². The van der Waals surface area contributed by atoms with Crippen molar-refractivity contribution in [2.75, 3.05) is 12.3 Å². The van der Waals surface area contributed by atoms with Crippen molar-refractivity contribution in [2.24, 2.45) is 0 Å². The van der Waals surface area contributed by atoms with E-state index in [4.69, 9.17) is 22.1 Å². The van der Waals surface area contributed by atoms with Crippen molar-refractivity contribution >= 4 is 28.8 Å². The highest BCUT2D eigenvalue weighted by molar-refractivity contribution is 7.15. The van der Waals surface area contributed by atoms with Gasteiger partial charge >= 0.3 is 6.18 Å². The monoisotopic (exact) mass is 453 g/mol. The Morgan fingerprint density at radius 2 is 2.07 bits per heavy atom. The molecule has 1 aliphatic heterocycles. The largest absolute Gasteiger partial charge is 0.482 e. The number of nitrogen functional groups attached to an aromatic ring is 1. The van der Waals surface area contributed by atoms with Crippen molar-refractivity contribution in [3.8, 4) is 16.2 Å². The number of alkyl halides is 3. The number of nitrogens with zero attached hydrogens (tertiary/aromatic N) is 1. The number of benzene rings is 1. The van der Waals surface area contributed by atoms with Gasteiger partial charge in [0.2, 0.25) is 0 Å². The molecule has 0 radical (unpaired) electrons.